The molecule has 3 aromatic rings. The molecule has 0 atom stereocenters. The molecule has 96 valence electrons. The summed E-state index contributed by atoms with van der Waals surface area (Å²) in [6.07, 6.45) is 0. The van der Waals surface area contributed by atoms with Crippen LogP contribution < -0.4 is 5.73 Å². The predicted molar refractivity (Wildman–Crippen MR) is 84.0 cm³/mol. The van der Waals surface area contributed by atoms with Crippen LogP contribution in [0.15, 0.2) is 30.3 Å². The predicted octanol–water partition coefficient (Wildman–Crippen LogP) is 4.82. The molecule has 2 nitrogen and oxygen atoms in total. The molecule has 0 aliphatic rings. The monoisotopic (exact) mass is 288 g/mol. The van der Waals surface area contributed by atoms with E-state index in [9.17, 15) is 0 Å². The van der Waals surface area contributed by atoms with Gasteiger partial charge in [0.25, 0.3) is 0 Å². The molecule has 3 rings (SSSR count). The second-order valence-electron chi connectivity index (χ2n) is 4.67. The highest BCUT2D eigenvalue weighted by Gasteiger charge is 2.11. The smallest absolute Gasteiger partial charge is 0.126 e. The number of anilines is 1. The summed E-state index contributed by atoms with van der Waals surface area (Å²) in [6, 6.07) is 9.94. The van der Waals surface area contributed by atoms with E-state index in [2.05, 4.69) is 24.0 Å². The van der Waals surface area contributed by atoms with Gasteiger partial charge in [-0.2, -0.15) is 0 Å². The average Bonchev–Trinajstić information content (AvgIpc) is 2.76. The van der Waals surface area contributed by atoms with Gasteiger partial charge >= 0.3 is 0 Å². The average molecular weight is 289 g/mol. The van der Waals surface area contributed by atoms with Crippen LogP contribution in [0.25, 0.3) is 20.8 Å². The minimum Gasteiger partial charge on any atom is -0.398 e. The van der Waals surface area contributed by atoms with Gasteiger partial charge in [-0.15, -0.1) is 11.3 Å². The molecule has 0 unspecified atom stereocenters. The summed E-state index contributed by atoms with van der Waals surface area (Å²) >= 11 is 7.64. The molecule has 0 aliphatic heterocycles. The third-order valence-electron chi connectivity index (χ3n) is 3.11. The number of nitrogens with two attached hydrogens (primary N) is 1. The van der Waals surface area contributed by atoms with Crippen molar-refractivity contribution < 1.29 is 0 Å². The number of nitrogen functional groups attached to an aromatic ring is 1. The highest BCUT2D eigenvalue weighted by atomic mass is 35.5. The Labute approximate surface area is 120 Å². The summed E-state index contributed by atoms with van der Waals surface area (Å²) in [6.45, 7) is 4.09. The van der Waals surface area contributed by atoms with Crippen molar-refractivity contribution in [2.24, 2.45) is 0 Å². The van der Waals surface area contributed by atoms with Crippen LogP contribution in [-0.2, 0) is 0 Å². The Balaban J connectivity index is 2.24. The molecule has 0 fully saturated rings. The van der Waals surface area contributed by atoms with Gasteiger partial charge in [0.05, 0.1) is 10.2 Å². The first-order valence-electron chi connectivity index (χ1n) is 5.98. The van der Waals surface area contributed by atoms with Gasteiger partial charge < -0.3 is 5.73 Å². The van der Waals surface area contributed by atoms with Crippen LogP contribution in [0.5, 0.6) is 0 Å². The number of fused-ring (bicyclic) bond motifs is 1. The van der Waals surface area contributed by atoms with E-state index in [1.54, 1.807) is 11.3 Å². The lowest BCUT2D eigenvalue weighted by Gasteiger charge is -2.07. The summed E-state index contributed by atoms with van der Waals surface area (Å²) in [5, 5.41) is 1.65. The Morgan fingerprint density at radius 3 is 2.74 bits per heavy atom. The molecule has 1 heterocycles. The molecule has 0 aliphatic carbocycles. The number of nitrogens with zero attached hydrogens (tertiary/aromatic N) is 1. The zero-order valence-corrected chi connectivity index (χ0v) is 12.3. The van der Waals surface area contributed by atoms with E-state index in [0.29, 0.717) is 5.02 Å². The second kappa shape index (κ2) is 4.51. The Morgan fingerprint density at radius 1 is 1.16 bits per heavy atom. The van der Waals surface area contributed by atoms with Crippen molar-refractivity contribution in [1.82, 2.24) is 4.98 Å². The number of thiazole rings is 1. The highest BCUT2D eigenvalue weighted by Crippen LogP contribution is 2.36. The summed E-state index contributed by atoms with van der Waals surface area (Å²) in [5.41, 5.74) is 11.2. The lowest BCUT2D eigenvalue weighted by Crippen LogP contribution is -1.94. The first-order chi connectivity index (χ1) is 9.04. The SMILES string of the molecule is Cc1cc(C)c(N)c(-c2nc3cc(Cl)ccc3s2)c1. The maximum absolute atomic E-state index is 6.18. The molecule has 4 heteroatoms. The van der Waals surface area contributed by atoms with Crippen LogP contribution in [0.1, 0.15) is 11.1 Å². The topological polar surface area (TPSA) is 38.9 Å². The minimum atomic E-state index is 0.706. The van der Waals surface area contributed by atoms with Crippen molar-refractivity contribution in [2.75, 3.05) is 5.73 Å². The molecule has 0 radical (unpaired) electrons. The minimum absolute atomic E-state index is 0.706. The number of aryl methyl sites for hydroxylation is 2. The van der Waals surface area contributed by atoms with Gasteiger partial charge in [0.15, 0.2) is 0 Å². The van der Waals surface area contributed by atoms with Gasteiger partial charge in [-0.3, -0.25) is 0 Å². The lowest BCUT2D eigenvalue weighted by atomic mass is 10.1. The van der Waals surface area contributed by atoms with Crippen molar-refractivity contribution in [3.63, 3.8) is 0 Å². The molecule has 0 spiro atoms. The zero-order chi connectivity index (χ0) is 13.6. The van der Waals surface area contributed by atoms with Crippen molar-refractivity contribution >= 4 is 38.8 Å². The Kier molecular flexibility index (Phi) is 2.96. The molecule has 2 N–H and O–H groups in total. The standard InChI is InChI=1S/C15H13ClN2S/c1-8-5-9(2)14(17)11(6-8)15-18-12-7-10(16)3-4-13(12)19-15/h3-7H,17H2,1-2H3. The number of aromatic nitrogens is 1. The van der Waals surface area contributed by atoms with E-state index in [-0.39, 0.29) is 0 Å². The Morgan fingerprint density at radius 2 is 1.95 bits per heavy atom. The largest absolute Gasteiger partial charge is 0.398 e. The van der Waals surface area contributed by atoms with Crippen LogP contribution >= 0.6 is 22.9 Å². The normalized spacial score (nSPS) is 11.1. The van der Waals surface area contributed by atoms with Gasteiger partial charge in [-0.05, 0) is 43.7 Å². The maximum atomic E-state index is 6.18. The van der Waals surface area contributed by atoms with Gasteiger partial charge in [0.2, 0.25) is 0 Å². The summed E-state index contributed by atoms with van der Waals surface area (Å²) < 4.78 is 1.12. The first-order valence-corrected chi connectivity index (χ1v) is 7.17. The number of halogens is 1. The van der Waals surface area contributed by atoms with Gasteiger partial charge in [-0.1, -0.05) is 23.2 Å². The van der Waals surface area contributed by atoms with E-state index < -0.39 is 0 Å². The molecule has 0 saturated carbocycles. The van der Waals surface area contributed by atoms with Crippen LogP contribution in [0, 0.1) is 13.8 Å². The van der Waals surface area contributed by atoms with E-state index in [1.807, 2.05) is 25.1 Å². The van der Waals surface area contributed by atoms with Gasteiger partial charge in [0.1, 0.15) is 5.01 Å². The fourth-order valence-corrected chi connectivity index (χ4v) is 3.31. The number of benzene rings is 2. The van der Waals surface area contributed by atoms with Crippen molar-refractivity contribution in [2.45, 2.75) is 13.8 Å². The molecule has 19 heavy (non-hydrogen) atoms. The van der Waals surface area contributed by atoms with Crippen molar-refractivity contribution in [3.8, 4) is 10.6 Å². The molecule has 0 bridgehead atoms. The van der Waals surface area contributed by atoms with E-state index >= 15 is 0 Å². The summed E-state index contributed by atoms with van der Waals surface area (Å²) in [7, 11) is 0. The molecule has 0 saturated heterocycles. The molecular formula is C15H13ClN2S. The zero-order valence-electron chi connectivity index (χ0n) is 10.7. The van der Waals surface area contributed by atoms with Gasteiger partial charge in [-0.25, -0.2) is 4.98 Å². The maximum Gasteiger partial charge on any atom is 0.126 e. The van der Waals surface area contributed by atoms with Gasteiger partial charge in [0, 0.05) is 16.3 Å². The third kappa shape index (κ3) is 2.20. The molecule has 2 aromatic carbocycles. The van der Waals surface area contributed by atoms with Crippen LogP contribution in [0.3, 0.4) is 0 Å². The fourth-order valence-electron chi connectivity index (χ4n) is 2.17. The highest BCUT2D eigenvalue weighted by molar-refractivity contribution is 7.21. The third-order valence-corrected chi connectivity index (χ3v) is 4.42. The lowest BCUT2D eigenvalue weighted by molar-refractivity contribution is 1.37. The second-order valence-corrected chi connectivity index (χ2v) is 6.14. The Hall–Kier alpha value is -1.58. The molecule has 1 aromatic heterocycles. The van der Waals surface area contributed by atoms with E-state index in [0.717, 1.165) is 32.0 Å². The fraction of sp³-hybridized carbons (Fsp3) is 0.133. The van der Waals surface area contributed by atoms with E-state index in [4.69, 9.17) is 17.3 Å². The molecule has 0 amide bonds. The Bertz CT molecular complexity index is 777. The van der Waals surface area contributed by atoms with Crippen LogP contribution in [-0.4, -0.2) is 4.98 Å². The number of hydrogen-bond donors (Lipinski definition) is 1. The quantitative estimate of drug-likeness (QED) is 0.652. The summed E-state index contributed by atoms with van der Waals surface area (Å²) in [5.74, 6) is 0. The van der Waals surface area contributed by atoms with Crippen molar-refractivity contribution in [3.05, 3.63) is 46.5 Å². The van der Waals surface area contributed by atoms with Crippen LogP contribution in [0.4, 0.5) is 5.69 Å². The first kappa shape index (κ1) is 12.5. The van der Waals surface area contributed by atoms with Crippen molar-refractivity contribution in [1.29, 1.82) is 0 Å². The summed E-state index contributed by atoms with van der Waals surface area (Å²) in [4.78, 5) is 4.64. The number of rotatable bonds is 1. The molecular weight excluding hydrogens is 276 g/mol. The van der Waals surface area contributed by atoms with Crippen LogP contribution in [0.2, 0.25) is 5.02 Å². The van der Waals surface area contributed by atoms with E-state index in [1.165, 1.54) is 5.56 Å². The number of hydrogen-bond acceptors (Lipinski definition) is 3.